The predicted octanol–water partition coefficient (Wildman–Crippen LogP) is 4.37. The van der Waals surface area contributed by atoms with Crippen molar-refractivity contribution >= 4 is 27.3 Å². The fourth-order valence-electron chi connectivity index (χ4n) is 4.05. The van der Waals surface area contributed by atoms with Crippen molar-refractivity contribution in [2.24, 2.45) is 5.92 Å². The number of nitro benzene ring substituents is 1. The number of non-ortho nitro benzene ring substituents is 1. The number of nitrogens with one attached hydrogen (secondary N) is 1. The molecule has 1 aliphatic heterocycles. The van der Waals surface area contributed by atoms with Crippen LogP contribution in [0, 0.1) is 29.9 Å². The molecule has 0 unspecified atom stereocenters. The summed E-state index contributed by atoms with van der Waals surface area (Å²) in [6, 6.07) is 9.78. The van der Waals surface area contributed by atoms with E-state index >= 15 is 0 Å². The van der Waals surface area contributed by atoms with Gasteiger partial charge in [0.2, 0.25) is 15.9 Å². The lowest BCUT2D eigenvalue weighted by Gasteiger charge is -2.31. The molecule has 0 atom stereocenters. The number of para-hydroxylation sites is 1. The van der Waals surface area contributed by atoms with E-state index in [1.165, 1.54) is 16.4 Å². The van der Waals surface area contributed by atoms with E-state index < -0.39 is 14.9 Å². The monoisotopic (exact) mass is 459 g/mol. The van der Waals surface area contributed by atoms with Gasteiger partial charge in [-0.15, -0.1) is 0 Å². The maximum absolute atomic E-state index is 13.1. The van der Waals surface area contributed by atoms with Crippen LogP contribution in [0.2, 0.25) is 0 Å². The standard InChI is InChI=1S/C23H29N3O5S/c1-15(2)20-7-5-6-17(4)22(20)24-23(27)18-10-12-25(13-11-18)32(30,31)21-14-19(26(28)29)9-8-16(21)3/h5-9,14-15,18H,10-13H2,1-4H3,(H,24,27). The fourth-order valence-corrected chi connectivity index (χ4v) is 5.76. The third-order valence-corrected chi connectivity index (χ3v) is 8.04. The Balaban J connectivity index is 1.72. The zero-order chi connectivity index (χ0) is 23.6. The predicted molar refractivity (Wildman–Crippen MR) is 123 cm³/mol. The van der Waals surface area contributed by atoms with E-state index in [0.29, 0.717) is 18.4 Å². The number of sulfonamides is 1. The summed E-state index contributed by atoms with van der Waals surface area (Å²) < 4.78 is 27.6. The largest absolute Gasteiger partial charge is 0.325 e. The number of hydrogen-bond donors (Lipinski definition) is 1. The number of carbonyl (C=O) groups is 1. The summed E-state index contributed by atoms with van der Waals surface area (Å²) in [5.41, 5.74) is 3.08. The van der Waals surface area contributed by atoms with Crippen LogP contribution in [-0.4, -0.2) is 36.6 Å². The first-order valence-electron chi connectivity index (χ1n) is 10.7. The highest BCUT2D eigenvalue weighted by Gasteiger charge is 2.34. The highest BCUT2D eigenvalue weighted by atomic mass is 32.2. The number of aryl methyl sites for hydroxylation is 2. The highest BCUT2D eigenvalue weighted by Crippen LogP contribution is 2.31. The number of nitro groups is 1. The molecule has 1 saturated heterocycles. The van der Waals surface area contributed by atoms with Crippen LogP contribution >= 0.6 is 0 Å². The van der Waals surface area contributed by atoms with E-state index in [1.807, 2.05) is 25.1 Å². The van der Waals surface area contributed by atoms with E-state index in [1.54, 1.807) is 6.92 Å². The number of rotatable bonds is 6. The fraction of sp³-hybridized carbons (Fsp3) is 0.435. The summed E-state index contributed by atoms with van der Waals surface area (Å²) in [6.45, 7) is 8.09. The second kappa shape index (κ2) is 9.38. The Bertz CT molecular complexity index is 1140. The summed E-state index contributed by atoms with van der Waals surface area (Å²) in [5, 5.41) is 14.1. The number of benzene rings is 2. The number of amides is 1. The average molecular weight is 460 g/mol. The second-order valence-electron chi connectivity index (χ2n) is 8.57. The number of carbonyl (C=O) groups excluding carboxylic acids is 1. The van der Waals surface area contributed by atoms with Crippen molar-refractivity contribution < 1.29 is 18.1 Å². The molecule has 0 spiro atoms. The van der Waals surface area contributed by atoms with Gasteiger partial charge < -0.3 is 5.32 Å². The van der Waals surface area contributed by atoms with Gasteiger partial charge in [0, 0.05) is 36.8 Å². The molecule has 2 aromatic rings. The van der Waals surface area contributed by atoms with Gasteiger partial charge >= 0.3 is 0 Å². The summed E-state index contributed by atoms with van der Waals surface area (Å²) >= 11 is 0. The van der Waals surface area contributed by atoms with Crippen LogP contribution in [0.5, 0.6) is 0 Å². The first kappa shape index (κ1) is 23.9. The lowest BCUT2D eigenvalue weighted by Crippen LogP contribution is -2.41. The first-order chi connectivity index (χ1) is 15.0. The topological polar surface area (TPSA) is 110 Å². The molecule has 0 aromatic heterocycles. The van der Waals surface area contributed by atoms with Gasteiger partial charge in [-0.25, -0.2) is 8.42 Å². The van der Waals surface area contributed by atoms with Crippen molar-refractivity contribution in [2.75, 3.05) is 18.4 Å². The Morgan fingerprint density at radius 2 is 1.78 bits per heavy atom. The third-order valence-electron chi connectivity index (χ3n) is 6.00. The van der Waals surface area contributed by atoms with E-state index in [0.717, 1.165) is 22.9 Å². The SMILES string of the molecule is Cc1ccc([N+](=O)[O-])cc1S(=O)(=O)N1CCC(C(=O)Nc2c(C)cccc2C(C)C)CC1. The molecule has 1 heterocycles. The van der Waals surface area contributed by atoms with Crippen LogP contribution in [0.3, 0.4) is 0 Å². The Kier molecular flexibility index (Phi) is 7.00. The minimum Gasteiger partial charge on any atom is -0.325 e. The molecule has 1 aliphatic rings. The third kappa shape index (κ3) is 4.83. The molecule has 0 radical (unpaired) electrons. The van der Waals surface area contributed by atoms with Crippen LogP contribution in [-0.2, 0) is 14.8 Å². The van der Waals surface area contributed by atoms with Crippen molar-refractivity contribution in [3.63, 3.8) is 0 Å². The number of piperidine rings is 1. The van der Waals surface area contributed by atoms with E-state index in [4.69, 9.17) is 0 Å². The van der Waals surface area contributed by atoms with Crippen molar-refractivity contribution in [3.05, 3.63) is 63.2 Å². The van der Waals surface area contributed by atoms with E-state index in [-0.39, 0.29) is 41.4 Å². The lowest BCUT2D eigenvalue weighted by molar-refractivity contribution is -0.385. The second-order valence-corrected chi connectivity index (χ2v) is 10.5. The Hall–Kier alpha value is -2.78. The summed E-state index contributed by atoms with van der Waals surface area (Å²) in [7, 11) is -3.88. The average Bonchev–Trinajstić information content (AvgIpc) is 2.75. The molecule has 1 N–H and O–H groups in total. The molecule has 3 rings (SSSR count). The molecule has 1 fully saturated rings. The van der Waals surface area contributed by atoms with Gasteiger partial charge in [-0.05, 0) is 49.3 Å². The van der Waals surface area contributed by atoms with E-state index in [2.05, 4.69) is 19.2 Å². The van der Waals surface area contributed by atoms with E-state index in [9.17, 15) is 23.3 Å². The normalized spacial score (nSPS) is 15.7. The summed E-state index contributed by atoms with van der Waals surface area (Å²) in [4.78, 5) is 23.4. The van der Waals surface area contributed by atoms with Crippen LogP contribution in [0.4, 0.5) is 11.4 Å². The molecule has 0 saturated carbocycles. The molecule has 9 heteroatoms. The lowest BCUT2D eigenvalue weighted by atomic mass is 9.95. The Labute approximate surface area is 188 Å². The van der Waals surface area contributed by atoms with Gasteiger partial charge in [-0.3, -0.25) is 14.9 Å². The van der Waals surface area contributed by atoms with Crippen LogP contribution < -0.4 is 5.32 Å². The Morgan fingerprint density at radius 3 is 2.38 bits per heavy atom. The van der Waals surface area contributed by atoms with Gasteiger partial charge in [-0.2, -0.15) is 4.31 Å². The van der Waals surface area contributed by atoms with Crippen LogP contribution in [0.1, 0.15) is 49.3 Å². The minimum absolute atomic E-state index is 0.0592. The smallest absolute Gasteiger partial charge is 0.270 e. The summed E-state index contributed by atoms with van der Waals surface area (Å²) in [5.74, 6) is -0.146. The zero-order valence-corrected chi connectivity index (χ0v) is 19.6. The zero-order valence-electron chi connectivity index (χ0n) is 18.8. The molecule has 0 bridgehead atoms. The summed E-state index contributed by atoms with van der Waals surface area (Å²) in [6.07, 6.45) is 0.782. The number of anilines is 1. The van der Waals surface area contributed by atoms with Gasteiger partial charge in [0.1, 0.15) is 0 Å². The molecule has 32 heavy (non-hydrogen) atoms. The first-order valence-corrected chi connectivity index (χ1v) is 12.1. The van der Waals surface area contributed by atoms with Crippen molar-refractivity contribution in [3.8, 4) is 0 Å². The molecule has 172 valence electrons. The number of nitrogens with zero attached hydrogens (tertiary/aromatic N) is 2. The molecule has 1 amide bonds. The minimum atomic E-state index is -3.88. The van der Waals surface area contributed by atoms with Gasteiger partial charge in [0.25, 0.3) is 5.69 Å². The van der Waals surface area contributed by atoms with Gasteiger partial charge in [0.05, 0.1) is 9.82 Å². The molecular formula is C23H29N3O5S. The highest BCUT2D eigenvalue weighted by molar-refractivity contribution is 7.89. The van der Waals surface area contributed by atoms with Crippen molar-refractivity contribution in [1.29, 1.82) is 0 Å². The quantitative estimate of drug-likeness (QED) is 0.509. The molecule has 0 aliphatic carbocycles. The molecule has 8 nitrogen and oxygen atoms in total. The van der Waals surface area contributed by atoms with Gasteiger partial charge in [0.15, 0.2) is 0 Å². The van der Waals surface area contributed by atoms with Crippen LogP contribution in [0.15, 0.2) is 41.3 Å². The van der Waals surface area contributed by atoms with Gasteiger partial charge in [-0.1, -0.05) is 38.1 Å². The maximum atomic E-state index is 13.1. The van der Waals surface area contributed by atoms with Crippen molar-refractivity contribution in [2.45, 2.75) is 51.3 Å². The van der Waals surface area contributed by atoms with Crippen molar-refractivity contribution in [1.82, 2.24) is 4.31 Å². The maximum Gasteiger partial charge on any atom is 0.270 e. The molecule has 2 aromatic carbocycles. The number of hydrogen-bond acceptors (Lipinski definition) is 5. The molecular weight excluding hydrogens is 430 g/mol. The van der Waals surface area contributed by atoms with Crippen LogP contribution in [0.25, 0.3) is 0 Å². The Morgan fingerprint density at radius 1 is 1.12 bits per heavy atom.